The third-order valence-corrected chi connectivity index (χ3v) is 6.55. The Morgan fingerprint density at radius 3 is 3.00 bits per heavy atom. The topological polar surface area (TPSA) is 28.2 Å². The van der Waals surface area contributed by atoms with Gasteiger partial charge in [-0.25, -0.2) is 4.98 Å². The molecule has 19 heavy (non-hydrogen) atoms. The van der Waals surface area contributed by atoms with Gasteiger partial charge in [0.2, 0.25) is 0 Å². The number of fused-ring (bicyclic) bond motifs is 1. The van der Waals surface area contributed by atoms with E-state index in [0.29, 0.717) is 10.8 Å². The lowest BCUT2D eigenvalue weighted by Crippen LogP contribution is -2.43. The van der Waals surface area contributed by atoms with Crippen LogP contribution in [0.2, 0.25) is 0 Å². The summed E-state index contributed by atoms with van der Waals surface area (Å²) in [7, 11) is 2.07. The Morgan fingerprint density at radius 1 is 1.42 bits per heavy atom. The van der Waals surface area contributed by atoms with Crippen LogP contribution in [0.4, 0.5) is 5.13 Å². The summed E-state index contributed by atoms with van der Waals surface area (Å²) in [4.78, 5) is 8.91. The minimum atomic E-state index is 0.354. The summed E-state index contributed by atoms with van der Waals surface area (Å²) in [5.41, 5.74) is 1.35. The van der Waals surface area contributed by atoms with Crippen molar-refractivity contribution < 1.29 is 0 Å². The summed E-state index contributed by atoms with van der Waals surface area (Å²) < 4.78 is 0.354. The number of hydrogen-bond donors (Lipinski definition) is 1. The Kier molecular flexibility index (Phi) is 3.80. The predicted octanol–water partition coefficient (Wildman–Crippen LogP) is 3.07. The van der Waals surface area contributed by atoms with Crippen molar-refractivity contribution in [3.63, 3.8) is 0 Å². The van der Waals surface area contributed by atoms with Crippen LogP contribution < -0.4 is 10.2 Å². The van der Waals surface area contributed by atoms with E-state index in [-0.39, 0.29) is 0 Å². The number of rotatable bonds is 2. The fourth-order valence-corrected chi connectivity index (χ4v) is 5.39. The molecule has 0 radical (unpaired) electrons. The number of nitrogens with one attached hydrogen (secondary N) is 1. The molecule has 106 valence electrons. The Hall–Kier alpha value is -0.260. The van der Waals surface area contributed by atoms with Crippen molar-refractivity contribution in [2.45, 2.75) is 43.9 Å². The van der Waals surface area contributed by atoms with Crippen molar-refractivity contribution >= 4 is 28.2 Å². The van der Waals surface area contributed by atoms with E-state index in [1.807, 2.05) is 11.3 Å². The molecule has 2 heterocycles. The molecule has 1 N–H and O–H groups in total. The minimum Gasteiger partial charge on any atom is -0.346 e. The van der Waals surface area contributed by atoms with Crippen molar-refractivity contribution in [2.75, 3.05) is 30.8 Å². The molecule has 3 rings (SSSR count). The molecule has 0 saturated carbocycles. The average molecular weight is 297 g/mol. The molecule has 5 heteroatoms. The zero-order valence-corrected chi connectivity index (χ0v) is 13.7. The number of thiazole rings is 1. The molecular weight excluding hydrogens is 274 g/mol. The number of aryl methyl sites for hydroxylation is 1. The van der Waals surface area contributed by atoms with Gasteiger partial charge in [0.25, 0.3) is 0 Å². The third kappa shape index (κ3) is 2.78. The van der Waals surface area contributed by atoms with Gasteiger partial charge in [-0.15, -0.1) is 0 Å². The molecule has 1 aromatic rings. The molecule has 1 aromatic heterocycles. The maximum atomic E-state index is 4.93. The molecule has 1 fully saturated rings. The summed E-state index contributed by atoms with van der Waals surface area (Å²) in [6.45, 7) is 6.94. The standard InChI is InChI=1S/C14H23N3S2/c1-14(2)9-17(7-8-18-14)13-16-11-6-4-5-10(15-3)12(11)19-13/h10,15H,4-9H2,1-3H3. The van der Waals surface area contributed by atoms with Gasteiger partial charge in [-0.2, -0.15) is 11.8 Å². The zero-order chi connectivity index (χ0) is 13.5. The van der Waals surface area contributed by atoms with Crippen LogP contribution in [0.5, 0.6) is 0 Å². The van der Waals surface area contributed by atoms with E-state index < -0.39 is 0 Å². The smallest absolute Gasteiger partial charge is 0.185 e. The van der Waals surface area contributed by atoms with Gasteiger partial charge in [-0.3, -0.25) is 0 Å². The monoisotopic (exact) mass is 297 g/mol. The SMILES string of the molecule is CNC1CCCc2nc(N3CCSC(C)(C)C3)sc21. The summed E-state index contributed by atoms with van der Waals surface area (Å²) in [5.74, 6) is 1.21. The minimum absolute atomic E-state index is 0.354. The Balaban J connectivity index is 1.84. The van der Waals surface area contributed by atoms with Crippen LogP contribution in [0.25, 0.3) is 0 Å². The molecule has 0 bridgehead atoms. The maximum Gasteiger partial charge on any atom is 0.185 e. The highest BCUT2D eigenvalue weighted by atomic mass is 32.2. The van der Waals surface area contributed by atoms with Gasteiger partial charge in [-0.05, 0) is 40.2 Å². The first-order chi connectivity index (χ1) is 9.09. The van der Waals surface area contributed by atoms with Gasteiger partial charge in [0.05, 0.1) is 5.69 Å². The first-order valence-electron chi connectivity index (χ1n) is 7.15. The predicted molar refractivity (Wildman–Crippen MR) is 85.6 cm³/mol. The summed E-state index contributed by atoms with van der Waals surface area (Å²) >= 11 is 4.00. The van der Waals surface area contributed by atoms with E-state index in [1.165, 1.54) is 34.3 Å². The van der Waals surface area contributed by atoms with E-state index in [0.717, 1.165) is 19.5 Å². The van der Waals surface area contributed by atoms with Crippen LogP contribution in [0.15, 0.2) is 0 Å². The Labute approximate surface area is 124 Å². The van der Waals surface area contributed by atoms with Crippen LogP contribution >= 0.6 is 23.1 Å². The summed E-state index contributed by atoms with van der Waals surface area (Å²) in [6, 6.07) is 0.530. The molecule has 1 saturated heterocycles. The van der Waals surface area contributed by atoms with Gasteiger partial charge in [0.15, 0.2) is 5.13 Å². The number of hydrogen-bond acceptors (Lipinski definition) is 5. The molecule has 2 aliphatic rings. The summed E-state index contributed by atoms with van der Waals surface area (Å²) in [5, 5.41) is 4.69. The molecule has 0 spiro atoms. The van der Waals surface area contributed by atoms with Crippen molar-refractivity contribution in [3.05, 3.63) is 10.6 Å². The highest BCUT2D eigenvalue weighted by molar-refractivity contribution is 8.00. The van der Waals surface area contributed by atoms with Gasteiger partial charge in [0, 0.05) is 34.5 Å². The maximum absolute atomic E-state index is 4.93. The molecule has 3 nitrogen and oxygen atoms in total. The largest absolute Gasteiger partial charge is 0.346 e. The van der Waals surface area contributed by atoms with Gasteiger partial charge in [0.1, 0.15) is 0 Å². The van der Waals surface area contributed by atoms with Crippen LogP contribution in [0, 0.1) is 0 Å². The van der Waals surface area contributed by atoms with Crippen LogP contribution in [0.3, 0.4) is 0 Å². The van der Waals surface area contributed by atoms with E-state index in [1.54, 1.807) is 0 Å². The lowest BCUT2D eigenvalue weighted by Gasteiger charge is -2.37. The second-order valence-corrected chi connectivity index (χ2v) is 8.88. The molecule has 1 atom stereocenters. The second-order valence-electron chi connectivity index (χ2n) is 6.07. The normalized spacial score (nSPS) is 26.3. The van der Waals surface area contributed by atoms with Crippen LogP contribution in [-0.4, -0.2) is 35.6 Å². The first-order valence-corrected chi connectivity index (χ1v) is 8.95. The summed E-state index contributed by atoms with van der Waals surface area (Å²) in [6.07, 6.45) is 3.69. The van der Waals surface area contributed by atoms with Gasteiger partial charge in [-0.1, -0.05) is 11.3 Å². The van der Waals surface area contributed by atoms with E-state index in [9.17, 15) is 0 Å². The fourth-order valence-electron chi connectivity index (χ4n) is 3.00. The Bertz CT molecular complexity index is 456. The molecular formula is C14H23N3S2. The average Bonchev–Trinajstić information content (AvgIpc) is 2.81. The highest BCUT2D eigenvalue weighted by Gasteiger charge is 2.30. The number of nitrogens with zero attached hydrogens (tertiary/aromatic N) is 2. The highest BCUT2D eigenvalue weighted by Crippen LogP contribution is 2.39. The molecule has 0 amide bonds. The molecule has 0 aromatic carbocycles. The number of anilines is 1. The van der Waals surface area contributed by atoms with E-state index in [2.05, 4.69) is 42.9 Å². The van der Waals surface area contributed by atoms with E-state index in [4.69, 9.17) is 4.98 Å². The van der Waals surface area contributed by atoms with Gasteiger partial charge < -0.3 is 10.2 Å². The fraction of sp³-hybridized carbons (Fsp3) is 0.786. The zero-order valence-electron chi connectivity index (χ0n) is 12.0. The van der Waals surface area contributed by atoms with Crippen molar-refractivity contribution in [2.24, 2.45) is 0 Å². The third-order valence-electron chi connectivity index (χ3n) is 3.98. The lowest BCUT2D eigenvalue weighted by molar-refractivity contribution is 0.501. The molecule has 1 aliphatic heterocycles. The van der Waals surface area contributed by atoms with Crippen molar-refractivity contribution in [3.8, 4) is 0 Å². The molecule has 1 unspecified atom stereocenters. The number of thioether (sulfide) groups is 1. The van der Waals surface area contributed by atoms with Crippen LogP contribution in [0.1, 0.15) is 43.3 Å². The van der Waals surface area contributed by atoms with E-state index >= 15 is 0 Å². The first kappa shape index (κ1) is 13.7. The number of aromatic nitrogens is 1. The molecule has 1 aliphatic carbocycles. The van der Waals surface area contributed by atoms with Crippen molar-refractivity contribution in [1.82, 2.24) is 10.3 Å². The van der Waals surface area contributed by atoms with Crippen molar-refractivity contribution in [1.29, 1.82) is 0 Å². The van der Waals surface area contributed by atoms with Gasteiger partial charge >= 0.3 is 0 Å². The van der Waals surface area contributed by atoms with Crippen LogP contribution in [-0.2, 0) is 6.42 Å². The quantitative estimate of drug-likeness (QED) is 0.908. The Morgan fingerprint density at radius 2 is 2.26 bits per heavy atom. The lowest BCUT2D eigenvalue weighted by atomic mass is 9.98. The second kappa shape index (κ2) is 5.26.